The molecule has 4 nitrogen and oxygen atoms in total. The highest BCUT2D eigenvalue weighted by atomic mass is 16.6. The zero-order valence-corrected chi connectivity index (χ0v) is 11.9. The summed E-state index contributed by atoms with van der Waals surface area (Å²) in [5.41, 5.74) is 0.254. The number of nitrogens with zero attached hydrogens (tertiary/aromatic N) is 1. The van der Waals surface area contributed by atoms with Crippen LogP contribution in [0.2, 0.25) is 0 Å². The second-order valence-corrected chi connectivity index (χ2v) is 5.37. The lowest BCUT2D eigenvalue weighted by atomic mass is 9.76. The Bertz CT molecular complexity index is 337. The normalized spacial score (nSPS) is 21.1. The molecule has 1 aliphatic rings. The Labute approximate surface area is 110 Å². The van der Waals surface area contributed by atoms with E-state index >= 15 is 0 Å². The largest absolute Gasteiger partial charge is 0.412 e. The topological polar surface area (TPSA) is 58.7 Å². The maximum atomic E-state index is 11.0. The Kier molecular flexibility index (Phi) is 5.38. The Morgan fingerprint density at radius 2 is 2.22 bits per heavy atom. The molecule has 0 bridgehead atoms. The van der Waals surface area contributed by atoms with Crippen molar-refractivity contribution in [2.75, 3.05) is 20.6 Å². The molecule has 0 heterocycles. The number of allylic oxidation sites excluding steroid dienone is 2. The number of hydrogen-bond donors (Lipinski definition) is 2. The Balaban J connectivity index is 2.93. The van der Waals surface area contributed by atoms with Gasteiger partial charge in [-0.25, -0.2) is 0 Å². The van der Waals surface area contributed by atoms with Crippen molar-refractivity contribution in [2.45, 2.75) is 38.7 Å². The van der Waals surface area contributed by atoms with E-state index < -0.39 is 5.60 Å². The molecule has 18 heavy (non-hydrogen) atoms. The number of rotatable bonds is 6. The van der Waals surface area contributed by atoms with Gasteiger partial charge in [0.25, 0.3) is 0 Å². The lowest BCUT2D eigenvalue weighted by molar-refractivity contribution is 0.00665. The van der Waals surface area contributed by atoms with Crippen LogP contribution in [-0.2, 0) is 4.84 Å². The molecular formula is C14H26N2O2. The number of aliphatic hydroxyl groups is 1. The summed E-state index contributed by atoms with van der Waals surface area (Å²) in [4.78, 5) is 6.89. The Morgan fingerprint density at radius 1 is 1.56 bits per heavy atom. The average molecular weight is 254 g/mol. The molecule has 0 radical (unpaired) electrons. The molecule has 0 aromatic heterocycles. The first-order valence-electron chi connectivity index (χ1n) is 6.59. The van der Waals surface area contributed by atoms with Gasteiger partial charge in [-0.15, -0.1) is 0 Å². The van der Waals surface area contributed by atoms with E-state index in [-0.39, 0.29) is 5.92 Å². The van der Waals surface area contributed by atoms with Crippen molar-refractivity contribution < 1.29 is 9.94 Å². The summed E-state index contributed by atoms with van der Waals surface area (Å²) in [5, 5.41) is 11.0. The molecule has 0 aromatic rings. The van der Waals surface area contributed by atoms with E-state index in [1.807, 2.05) is 33.2 Å². The van der Waals surface area contributed by atoms with Crippen LogP contribution in [0.4, 0.5) is 0 Å². The van der Waals surface area contributed by atoms with Crippen LogP contribution in [0, 0.1) is 5.92 Å². The first-order valence-corrected chi connectivity index (χ1v) is 6.59. The molecule has 1 rings (SSSR count). The van der Waals surface area contributed by atoms with E-state index in [1.54, 1.807) is 0 Å². The molecule has 104 valence electrons. The van der Waals surface area contributed by atoms with Gasteiger partial charge in [-0.3, -0.25) is 0 Å². The van der Waals surface area contributed by atoms with Crippen molar-refractivity contribution >= 4 is 0 Å². The number of nitrogens with two attached hydrogens (primary N) is 1. The molecule has 0 spiro atoms. The zero-order valence-electron chi connectivity index (χ0n) is 11.9. The minimum absolute atomic E-state index is 0.167. The van der Waals surface area contributed by atoms with Crippen molar-refractivity contribution in [1.82, 2.24) is 4.90 Å². The minimum atomic E-state index is -0.775. The summed E-state index contributed by atoms with van der Waals surface area (Å²) in [6.45, 7) is 4.96. The third-order valence-corrected chi connectivity index (χ3v) is 3.76. The van der Waals surface area contributed by atoms with Crippen molar-refractivity contribution in [2.24, 2.45) is 11.8 Å². The maximum Gasteiger partial charge on any atom is 0.142 e. The third kappa shape index (κ3) is 3.34. The summed E-state index contributed by atoms with van der Waals surface area (Å²) < 4.78 is 0. The van der Waals surface area contributed by atoms with E-state index in [0.717, 1.165) is 25.0 Å². The minimum Gasteiger partial charge on any atom is -0.412 e. The molecular weight excluding hydrogens is 228 g/mol. The summed E-state index contributed by atoms with van der Waals surface area (Å²) >= 11 is 0. The summed E-state index contributed by atoms with van der Waals surface area (Å²) in [6.07, 6.45) is 6.28. The lowest BCUT2D eigenvalue weighted by Gasteiger charge is -2.38. The SMILES string of the molecule is CCC(O)(C1=CC(ON)=CCC1)C(C)CN(C)C. The highest BCUT2D eigenvalue weighted by Gasteiger charge is 2.36. The third-order valence-electron chi connectivity index (χ3n) is 3.76. The second kappa shape index (κ2) is 6.36. The maximum absolute atomic E-state index is 11.0. The molecule has 0 amide bonds. The lowest BCUT2D eigenvalue weighted by Crippen LogP contribution is -2.43. The van der Waals surface area contributed by atoms with E-state index in [0.29, 0.717) is 12.2 Å². The Hall–Kier alpha value is -0.840. The van der Waals surface area contributed by atoms with Gasteiger partial charge >= 0.3 is 0 Å². The van der Waals surface area contributed by atoms with E-state index in [9.17, 15) is 5.11 Å². The van der Waals surface area contributed by atoms with Gasteiger partial charge in [0.2, 0.25) is 0 Å². The fourth-order valence-corrected chi connectivity index (χ4v) is 2.69. The van der Waals surface area contributed by atoms with Crippen LogP contribution >= 0.6 is 0 Å². The van der Waals surface area contributed by atoms with Crippen molar-refractivity contribution in [3.63, 3.8) is 0 Å². The summed E-state index contributed by atoms with van der Waals surface area (Å²) in [5.74, 6) is 6.02. The molecule has 0 aromatic carbocycles. The molecule has 0 aliphatic heterocycles. The molecule has 2 unspecified atom stereocenters. The van der Waals surface area contributed by atoms with Gasteiger partial charge in [0.15, 0.2) is 0 Å². The first kappa shape index (κ1) is 15.2. The van der Waals surface area contributed by atoms with E-state index in [2.05, 4.69) is 11.8 Å². The van der Waals surface area contributed by atoms with Crippen molar-refractivity contribution in [3.8, 4) is 0 Å². The van der Waals surface area contributed by atoms with Gasteiger partial charge in [-0.1, -0.05) is 13.8 Å². The first-order chi connectivity index (χ1) is 8.43. The molecule has 1 aliphatic carbocycles. The molecule has 0 fully saturated rings. The predicted molar refractivity (Wildman–Crippen MR) is 73.6 cm³/mol. The summed E-state index contributed by atoms with van der Waals surface area (Å²) in [6, 6.07) is 0. The van der Waals surface area contributed by atoms with Gasteiger partial charge in [0.05, 0.1) is 5.60 Å². The molecule has 0 saturated carbocycles. The van der Waals surface area contributed by atoms with Crippen LogP contribution in [0.5, 0.6) is 0 Å². The monoisotopic (exact) mass is 254 g/mol. The van der Waals surface area contributed by atoms with Gasteiger partial charge in [-0.2, -0.15) is 5.90 Å². The molecule has 2 atom stereocenters. The molecule has 4 heteroatoms. The highest BCUT2D eigenvalue weighted by Crippen LogP contribution is 2.35. The van der Waals surface area contributed by atoms with Crippen molar-refractivity contribution in [3.05, 3.63) is 23.5 Å². The van der Waals surface area contributed by atoms with Crippen LogP contribution < -0.4 is 5.90 Å². The van der Waals surface area contributed by atoms with Crippen LogP contribution in [0.3, 0.4) is 0 Å². The van der Waals surface area contributed by atoms with Crippen LogP contribution in [0.1, 0.15) is 33.1 Å². The predicted octanol–water partition coefficient (Wildman–Crippen LogP) is 1.82. The van der Waals surface area contributed by atoms with E-state index in [4.69, 9.17) is 10.7 Å². The number of hydrogen-bond acceptors (Lipinski definition) is 4. The van der Waals surface area contributed by atoms with E-state index in [1.165, 1.54) is 0 Å². The zero-order chi connectivity index (χ0) is 13.8. The smallest absolute Gasteiger partial charge is 0.142 e. The highest BCUT2D eigenvalue weighted by molar-refractivity contribution is 5.30. The second-order valence-electron chi connectivity index (χ2n) is 5.37. The van der Waals surface area contributed by atoms with Crippen LogP contribution in [-0.4, -0.2) is 36.2 Å². The van der Waals surface area contributed by atoms with Gasteiger partial charge < -0.3 is 14.8 Å². The fraction of sp³-hybridized carbons (Fsp3) is 0.714. The molecule has 3 N–H and O–H groups in total. The van der Waals surface area contributed by atoms with Crippen LogP contribution in [0.15, 0.2) is 23.5 Å². The quantitative estimate of drug-likeness (QED) is 0.710. The van der Waals surface area contributed by atoms with Crippen molar-refractivity contribution in [1.29, 1.82) is 0 Å². The van der Waals surface area contributed by atoms with Gasteiger partial charge in [-0.05, 0) is 51.1 Å². The Morgan fingerprint density at radius 3 is 2.72 bits per heavy atom. The fourth-order valence-electron chi connectivity index (χ4n) is 2.69. The standard InChI is InChI=1S/C14H26N2O2/c1-5-14(17,11(2)10-16(3)4)12-7-6-8-13(9-12)18-15/h8-9,11,17H,5-7,10,15H2,1-4H3. The average Bonchev–Trinajstić information content (AvgIpc) is 2.37. The van der Waals surface area contributed by atoms with Crippen LogP contribution in [0.25, 0.3) is 0 Å². The van der Waals surface area contributed by atoms with Gasteiger partial charge in [0, 0.05) is 12.5 Å². The molecule has 0 saturated heterocycles. The van der Waals surface area contributed by atoms with Gasteiger partial charge in [0.1, 0.15) is 5.76 Å². The summed E-state index contributed by atoms with van der Waals surface area (Å²) in [7, 11) is 4.05.